The first-order chi connectivity index (χ1) is 11.5. The summed E-state index contributed by atoms with van der Waals surface area (Å²) in [5, 5.41) is 2.22. The predicted molar refractivity (Wildman–Crippen MR) is 98.9 cm³/mol. The maximum atomic E-state index is 12.3. The van der Waals surface area contributed by atoms with Gasteiger partial charge >= 0.3 is 0 Å². The maximum absolute atomic E-state index is 12.3. The molecule has 124 valence electrons. The van der Waals surface area contributed by atoms with Crippen LogP contribution in [0.15, 0.2) is 64.9 Å². The van der Waals surface area contributed by atoms with Gasteiger partial charge in [-0.15, -0.1) is 11.3 Å². The topological polar surface area (TPSA) is 59.1 Å². The van der Waals surface area contributed by atoms with E-state index in [4.69, 9.17) is 0 Å². The van der Waals surface area contributed by atoms with Crippen LogP contribution in [0.1, 0.15) is 25.3 Å². The molecule has 0 aliphatic heterocycles. The highest BCUT2D eigenvalue weighted by Crippen LogP contribution is 2.27. The van der Waals surface area contributed by atoms with Crippen LogP contribution < -0.4 is 4.72 Å². The van der Waals surface area contributed by atoms with Crippen LogP contribution in [0.3, 0.4) is 0 Å². The van der Waals surface area contributed by atoms with E-state index in [2.05, 4.69) is 35.7 Å². The van der Waals surface area contributed by atoms with Crippen molar-refractivity contribution in [2.24, 2.45) is 0 Å². The third-order valence-electron chi connectivity index (χ3n) is 3.65. The fourth-order valence-corrected chi connectivity index (χ4v) is 4.26. The Kier molecular flexibility index (Phi) is 4.69. The molecule has 1 aromatic heterocycles. The van der Waals surface area contributed by atoms with E-state index < -0.39 is 10.0 Å². The van der Waals surface area contributed by atoms with Crippen LogP contribution in [0, 0.1) is 0 Å². The Hall–Kier alpha value is -2.18. The highest BCUT2D eigenvalue weighted by molar-refractivity contribution is 7.93. The zero-order valence-corrected chi connectivity index (χ0v) is 15.1. The maximum Gasteiger partial charge on any atom is 0.263 e. The predicted octanol–water partition coefficient (Wildman–Crippen LogP) is 4.73. The molecular formula is C18H18N2O2S2. The molecule has 0 bridgehead atoms. The number of nitrogens with zero attached hydrogens (tertiary/aromatic N) is 1. The lowest BCUT2D eigenvalue weighted by atomic mass is 10.0. The summed E-state index contributed by atoms with van der Waals surface area (Å²) in [6.07, 6.45) is 0. The van der Waals surface area contributed by atoms with Gasteiger partial charge in [0, 0.05) is 10.9 Å². The molecule has 1 heterocycles. The van der Waals surface area contributed by atoms with Gasteiger partial charge in [0.15, 0.2) is 5.13 Å². The summed E-state index contributed by atoms with van der Waals surface area (Å²) in [7, 11) is -3.60. The summed E-state index contributed by atoms with van der Waals surface area (Å²) in [6, 6.07) is 16.5. The van der Waals surface area contributed by atoms with Crippen molar-refractivity contribution in [3.05, 3.63) is 65.5 Å². The minimum atomic E-state index is -3.60. The van der Waals surface area contributed by atoms with Crippen LogP contribution in [0.4, 0.5) is 5.13 Å². The average Bonchev–Trinajstić information content (AvgIpc) is 3.03. The molecule has 0 aliphatic carbocycles. The summed E-state index contributed by atoms with van der Waals surface area (Å²) in [6.45, 7) is 4.29. The first kappa shape index (κ1) is 16.7. The summed E-state index contributed by atoms with van der Waals surface area (Å²) < 4.78 is 27.2. The van der Waals surface area contributed by atoms with Crippen molar-refractivity contribution in [1.82, 2.24) is 4.98 Å². The number of nitrogens with one attached hydrogen (secondary N) is 1. The lowest BCUT2D eigenvalue weighted by Gasteiger charge is -2.06. The number of benzene rings is 2. The third-order valence-corrected chi connectivity index (χ3v) is 5.89. The highest BCUT2D eigenvalue weighted by Gasteiger charge is 2.16. The summed E-state index contributed by atoms with van der Waals surface area (Å²) in [5.41, 5.74) is 3.00. The molecular weight excluding hydrogens is 340 g/mol. The SMILES string of the molecule is CC(C)c1ccc(-c2csc(NS(=O)(=O)c3ccccc3)n2)cc1. The molecule has 0 atom stereocenters. The molecule has 1 N–H and O–H groups in total. The molecule has 0 fully saturated rings. The van der Waals surface area contributed by atoms with Crippen LogP contribution in [0.5, 0.6) is 0 Å². The van der Waals surface area contributed by atoms with Gasteiger partial charge in [0.05, 0.1) is 10.6 Å². The summed E-state index contributed by atoms with van der Waals surface area (Å²) >= 11 is 1.28. The largest absolute Gasteiger partial charge is 0.263 e. The van der Waals surface area contributed by atoms with Gasteiger partial charge in [-0.25, -0.2) is 13.4 Å². The van der Waals surface area contributed by atoms with E-state index in [1.807, 2.05) is 17.5 Å². The Morgan fingerprint density at radius 3 is 2.29 bits per heavy atom. The van der Waals surface area contributed by atoms with Crippen molar-refractivity contribution < 1.29 is 8.42 Å². The smallest absolute Gasteiger partial charge is 0.255 e. The van der Waals surface area contributed by atoms with Crippen molar-refractivity contribution in [3.63, 3.8) is 0 Å². The quantitative estimate of drug-likeness (QED) is 0.717. The second kappa shape index (κ2) is 6.75. The minimum absolute atomic E-state index is 0.225. The van der Waals surface area contributed by atoms with Crippen molar-refractivity contribution in [2.45, 2.75) is 24.7 Å². The standard InChI is InChI=1S/C18H18N2O2S2/c1-13(2)14-8-10-15(11-9-14)17-12-23-18(19-17)20-24(21,22)16-6-4-3-5-7-16/h3-13H,1-2H3,(H,19,20). The van der Waals surface area contributed by atoms with Gasteiger partial charge in [0.2, 0.25) is 0 Å². The zero-order chi connectivity index (χ0) is 17.2. The number of aromatic nitrogens is 1. The fraction of sp³-hybridized carbons (Fsp3) is 0.167. The first-order valence-corrected chi connectivity index (χ1v) is 9.96. The monoisotopic (exact) mass is 358 g/mol. The van der Waals surface area contributed by atoms with Gasteiger partial charge in [-0.3, -0.25) is 4.72 Å². The number of rotatable bonds is 5. The van der Waals surface area contributed by atoms with Gasteiger partial charge in [-0.05, 0) is 23.6 Å². The van der Waals surface area contributed by atoms with E-state index in [0.717, 1.165) is 11.3 Å². The molecule has 24 heavy (non-hydrogen) atoms. The van der Waals surface area contributed by atoms with E-state index in [-0.39, 0.29) is 4.90 Å². The Morgan fingerprint density at radius 2 is 1.67 bits per heavy atom. The Balaban J connectivity index is 1.81. The number of hydrogen-bond acceptors (Lipinski definition) is 4. The fourth-order valence-electron chi connectivity index (χ4n) is 2.27. The van der Waals surface area contributed by atoms with Crippen LogP contribution in [-0.2, 0) is 10.0 Å². The van der Waals surface area contributed by atoms with E-state index in [9.17, 15) is 8.42 Å². The van der Waals surface area contributed by atoms with Crippen LogP contribution in [0.2, 0.25) is 0 Å². The molecule has 0 radical (unpaired) electrons. The average molecular weight is 358 g/mol. The van der Waals surface area contributed by atoms with Gasteiger partial charge in [0.25, 0.3) is 10.0 Å². The number of hydrogen-bond donors (Lipinski definition) is 1. The molecule has 0 saturated heterocycles. The van der Waals surface area contributed by atoms with Crippen molar-refractivity contribution in [3.8, 4) is 11.3 Å². The van der Waals surface area contributed by atoms with Gasteiger partial charge in [-0.2, -0.15) is 0 Å². The van der Waals surface area contributed by atoms with Crippen molar-refractivity contribution >= 4 is 26.5 Å². The Labute approximate surface area is 146 Å². The lowest BCUT2D eigenvalue weighted by molar-refractivity contribution is 0.601. The number of sulfonamides is 1. The molecule has 2 aromatic carbocycles. The molecule has 3 aromatic rings. The van der Waals surface area contributed by atoms with E-state index in [1.165, 1.54) is 16.9 Å². The van der Waals surface area contributed by atoms with Crippen LogP contribution in [-0.4, -0.2) is 13.4 Å². The molecule has 0 unspecified atom stereocenters. The van der Waals surface area contributed by atoms with E-state index in [0.29, 0.717) is 11.0 Å². The van der Waals surface area contributed by atoms with Crippen molar-refractivity contribution in [1.29, 1.82) is 0 Å². The molecule has 0 saturated carbocycles. The normalized spacial score (nSPS) is 11.6. The summed E-state index contributed by atoms with van der Waals surface area (Å²) in [4.78, 5) is 4.62. The Bertz CT molecular complexity index is 915. The molecule has 0 spiro atoms. The second-order valence-corrected chi connectivity index (χ2v) is 8.27. The van der Waals surface area contributed by atoms with E-state index >= 15 is 0 Å². The van der Waals surface area contributed by atoms with Crippen LogP contribution in [0.25, 0.3) is 11.3 Å². The third kappa shape index (κ3) is 3.66. The molecule has 0 amide bonds. The molecule has 6 heteroatoms. The van der Waals surface area contributed by atoms with E-state index in [1.54, 1.807) is 30.3 Å². The van der Waals surface area contributed by atoms with Gasteiger partial charge in [-0.1, -0.05) is 56.3 Å². The lowest BCUT2D eigenvalue weighted by Crippen LogP contribution is -2.12. The Morgan fingerprint density at radius 1 is 1.00 bits per heavy atom. The van der Waals surface area contributed by atoms with Crippen molar-refractivity contribution in [2.75, 3.05) is 4.72 Å². The van der Waals surface area contributed by atoms with Gasteiger partial charge < -0.3 is 0 Å². The highest BCUT2D eigenvalue weighted by atomic mass is 32.2. The zero-order valence-electron chi connectivity index (χ0n) is 13.4. The molecule has 0 aliphatic rings. The molecule has 4 nitrogen and oxygen atoms in total. The number of anilines is 1. The minimum Gasteiger partial charge on any atom is -0.255 e. The van der Waals surface area contributed by atoms with Gasteiger partial charge in [0.1, 0.15) is 0 Å². The number of thiazole rings is 1. The second-order valence-electron chi connectivity index (χ2n) is 5.73. The molecule has 3 rings (SSSR count). The summed E-state index contributed by atoms with van der Waals surface area (Å²) in [5.74, 6) is 0.475. The van der Waals surface area contributed by atoms with Crippen LogP contribution >= 0.6 is 11.3 Å². The first-order valence-electron chi connectivity index (χ1n) is 7.59.